The van der Waals surface area contributed by atoms with Gasteiger partial charge in [-0.2, -0.15) is 0 Å². The predicted molar refractivity (Wildman–Crippen MR) is 77.7 cm³/mol. The van der Waals surface area contributed by atoms with Crippen LogP contribution < -0.4 is 5.73 Å². The highest BCUT2D eigenvalue weighted by Gasteiger charge is 2.21. The van der Waals surface area contributed by atoms with E-state index in [2.05, 4.69) is 4.90 Å². The zero-order valence-corrected chi connectivity index (χ0v) is 11.8. The summed E-state index contributed by atoms with van der Waals surface area (Å²) in [7, 11) is 0. The molecule has 0 atom stereocenters. The minimum Gasteiger partial charge on any atom is -0.478 e. The zero-order chi connectivity index (χ0) is 14.5. The molecular formula is C15H22N2O3. The van der Waals surface area contributed by atoms with E-state index in [-0.39, 0.29) is 5.56 Å². The van der Waals surface area contributed by atoms with Gasteiger partial charge in [-0.25, -0.2) is 4.79 Å². The van der Waals surface area contributed by atoms with Crippen LogP contribution in [0.25, 0.3) is 0 Å². The van der Waals surface area contributed by atoms with Crippen LogP contribution in [0.1, 0.15) is 35.7 Å². The fraction of sp³-hybridized carbons (Fsp3) is 0.533. The molecule has 0 amide bonds. The molecule has 1 aromatic rings. The lowest BCUT2D eigenvalue weighted by atomic mass is 10.0. The van der Waals surface area contributed by atoms with Crippen molar-refractivity contribution in [1.82, 2.24) is 4.90 Å². The van der Waals surface area contributed by atoms with Gasteiger partial charge in [0.15, 0.2) is 0 Å². The molecule has 5 nitrogen and oxygen atoms in total. The van der Waals surface area contributed by atoms with E-state index in [1.807, 2.05) is 19.1 Å². The molecule has 1 saturated heterocycles. The Kier molecular flexibility index (Phi) is 4.98. The number of nitrogens with zero attached hydrogens (tertiary/aromatic N) is 1. The molecule has 0 saturated carbocycles. The predicted octanol–water partition coefficient (Wildman–Crippen LogP) is 1.97. The van der Waals surface area contributed by atoms with Crippen molar-refractivity contribution in [1.29, 1.82) is 0 Å². The number of nitrogens with two attached hydrogens (primary N) is 1. The van der Waals surface area contributed by atoms with E-state index >= 15 is 0 Å². The smallest absolute Gasteiger partial charge is 0.338 e. The largest absolute Gasteiger partial charge is 0.478 e. The van der Waals surface area contributed by atoms with Crippen LogP contribution >= 0.6 is 0 Å². The molecule has 0 radical (unpaired) electrons. The Balaban J connectivity index is 2.01. The number of piperidine rings is 1. The molecule has 0 aromatic heterocycles. The number of carbonyl (C=O) groups is 1. The van der Waals surface area contributed by atoms with Crippen LogP contribution in [0, 0.1) is 0 Å². The van der Waals surface area contributed by atoms with Crippen molar-refractivity contribution < 1.29 is 14.6 Å². The summed E-state index contributed by atoms with van der Waals surface area (Å²) in [5.74, 6) is -0.956. The first-order valence-electron chi connectivity index (χ1n) is 7.06. The van der Waals surface area contributed by atoms with Crippen LogP contribution in [0.2, 0.25) is 0 Å². The average molecular weight is 278 g/mol. The summed E-state index contributed by atoms with van der Waals surface area (Å²) in [5.41, 5.74) is 7.12. The minimum atomic E-state index is -0.956. The number of likely N-dealkylation sites (tertiary alicyclic amines) is 1. The Morgan fingerprint density at radius 2 is 2.15 bits per heavy atom. The third-order valence-corrected chi connectivity index (χ3v) is 3.73. The van der Waals surface area contributed by atoms with E-state index in [0.29, 0.717) is 18.3 Å². The summed E-state index contributed by atoms with van der Waals surface area (Å²) in [6.45, 7) is 5.25. The standard InChI is InChI=1S/C15H22N2O3/c1-2-20-12-6-8-17(9-7-12)10-11-4-3-5-13(16)14(11)15(18)19/h3-5,12H,2,6-10,16H2,1H3,(H,18,19). The number of ether oxygens (including phenoxy) is 1. The Bertz CT molecular complexity index is 468. The van der Waals surface area contributed by atoms with Gasteiger partial charge in [-0.1, -0.05) is 12.1 Å². The van der Waals surface area contributed by atoms with Crippen molar-refractivity contribution in [2.24, 2.45) is 0 Å². The van der Waals surface area contributed by atoms with Crippen molar-refractivity contribution in [3.05, 3.63) is 29.3 Å². The SMILES string of the molecule is CCOC1CCN(Cc2cccc(N)c2C(=O)O)CC1. The van der Waals surface area contributed by atoms with Crippen molar-refractivity contribution in [2.45, 2.75) is 32.4 Å². The van der Waals surface area contributed by atoms with Crippen LogP contribution in [-0.4, -0.2) is 41.8 Å². The molecular weight excluding hydrogens is 256 g/mol. The number of benzene rings is 1. The second-order valence-corrected chi connectivity index (χ2v) is 5.12. The number of hydrogen-bond acceptors (Lipinski definition) is 4. The average Bonchev–Trinajstić information content (AvgIpc) is 2.41. The van der Waals surface area contributed by atoms with Gasteiger partial charge >= 0.3 is 5.97 Å². The Labute approximate surface area is 119 Å². The van der Waals surface area contributed by atoms with Gasteiger partial charge in [0.2, 0.25) is 0 Å². The number of hydrogen-bond donors (Lipinski definition) is 2. The molecule has 1 fully saturated rings. The summed E-state index contributed by atoms with van der Waals surface area (Å²) in [5, 5.41) is 9.27. The molecule has 1 aliphatic rings. The lowest BCUT2D eigenvalue weighted by Crippen LogP contribution is -2.36. The molecule has 1 aliphatic heterocycles. The van der Waals surface area contributed by atoms with Crippen LogP contribution in [0.5, 0.6) is 0 Å². The quantitative estimate of drug-likeness (QED) is 0.805. The van der Waals surface area contributed by atoms with Crippen molar-refractivity contribution in [3.63, 3.8) is 0 Å². The van der Waals surface area contributed by atoms with Gasteiger partial charge in [-0.3, -0.25) is 4.90 Å². The molecule has 0 bridgehead atoms. The highest BCUT2D eigenvalue weighted by atomic mass is 16.5. The number of carboxylic acid groups (broad SMARTS) is 1. The van der Waals surface area contributed by atoms with Crippen LogP contribution in [0.3, 0.4) is 0 Å². The van der Waals surface area contributed by atoms with Gasteiger partial charge in [0.05, 0.1) is 11.7 Å². The van der Waals surface area contributed by atoms with Crippen LogP contribution in [-0.2, 0) is 11.3 Å². The fourth-order valence-electron chi connectivity index (χ4n) is 2.72. The molecule has 20 heavy (non-hydrogen) atoms. The summed E-state index contributed by atoms with van der Waals surface area (Å²) in [6, 6.07) is 5.28. The van der Waals surface area contributed by atoms with Gasteiger partial charge in [0, 0.05) is 31.9 Å². The number of aromatic carboxylic acids is 1. The zero-order valence-electron chi connectivity index (χ0n) is 11.8. The van der Waals surface area contributed by atoms with E-state index in [0.717, 1.165) is 38.1 Å². The monoisotopic (exact) mass is 278 g/mol. The van der Waals surface area contributed by atoms with E-state index in [1.165, 1.54) is 0 Å². The maximum atomic E-state index is 11.3. The van der Waals surface area contributed by atoms with Crippen molar-refractivity contribution >= 4 is 11.7 Å². The van der Waals surface area contributed by atoms with Crippen molar-refractivity contribution in [2.75, 3.05) is 25.4 Å². The maximum absolute atomic E-state index is 11.3. The Morgan fingerprint density at radius 3 is 2.75 bits per heavy atom. The molecule has 1 aromatic carbocycles. The van der Waals surface area contributed by atoms with Gasteiger partial charge < -0.3 is 15.6 Å². The second-order valence-electron chi connectivity index (χ2n) is 5.12. The topological polar surface area (TPSA) is 75.8 Å². The van der Waals surface area contributed by atoms with E-state index in [1.54, 1.807) is 6.07 Å². The van der Waals surface area contributed by atoms with Gasteiger partial charge in [-0.05, 0) is 31.4 Å². The highest BCUT2D eigenvalue weighted by Crippen LogP contribution is 2.21. The number of carboxylic acids is 1. The molecule has 2 rings (SSSR count). The number of nitrogen functional groups attached to an aromatic ring is 1. The Morgan fingerprint density at radius 1 is 1.45 bits per heavy atom. The third kappa shape index (κ3) is 3.49. The highest BCUT2D eigenvalue weighted by molar-refractivity contribution is 5.95. The van der Waals surface area contributed by atoms with Crippen LogP contribution in [0.4, 0.5) is 5.69 Å². The van der Waals surface area contributed by atoms with Gasteiger partial charge in [-0.15, -0.1) is 0 Å². The molecule has 0 aliphatic carbocycles. The molecule has 1 heterocycles. The summed E-state index contributed by atoms with van der Waals surface area (Å²) >= 11 is 0. The van der Waals surface area contributed by atoms with Crippen molar-refractivity contribution in [3.8, 4) is 0 Å². The first kappa shape index (κ1) is 14.8. The van der Waals surface area contributed by atoms with E-state index < -0.39 is 5.97 Å². The first-order valence-corrected chi connectivity index (χ1v) is 7.06. The molecule has 5 heteroatoms. The first-order chi connectivity index (χ1) is 9.61. The maximum Gasteiger partial charge on any atom is 0.338 e. The van der Waals surface area contributed by atoms with E-state index in [4.69, 9.17) is 10.5 Å². The summed E-state index contributed by atoms with van der Waals surface area (Å²) in [4.78, 5) is 13.6. The number of anilines is 1. The van der Waals surface area contributed by atoms with Gasteiger partial charge in [0.1, 0.15) is 0 Å². The second kappa shape index (κ2) is 6.72. The fourth-order valence-corrected chi connectivity index (χ4v) is 2.72. The summed E-state index contributed by atoms with van der Waals surface area (Å²) in [6.07, 6.45) is 2.34. The lowest BCUT2D eigenvalue weighted by molar-refractivity contribution is 0.0124. The number of rotatable bonds is 5. The molecule has 3 N–H and O–H groups in total. The summed E-state index contributed by atoms with van der Waals surface area (Å²) < 4.78 is 5.62. The van der Waals surface area contributed by atoms with E-state index in [9.17, 15) is 9.90 Å². The minimum absolute atomic E-state index is 0.236. The lowest BCUT2D eigenvalue weighted by Gasteiger charge is -2.32. The van der Waals surface area contributed by atoms with Crippen LogP contribution in [0.15, 0.2) is 18.2 Å². The normalized spacial score (nSPS) is 17.2. The molecule has 0 spiro atoms. The molecule has 0 unspecified atom stereocenters. The molecule has 110 valence electrons. The third-order valence-electron chi connectivity index (χ3n) is 3.73. The van der Waals surface area contributed by atoms with Gasteiger partial charge in [0.25, 0.3) is 0 Å². The Hall–Kier alpha value is -1.59.